The molecule has 2 unspecified atom stereocenters. The lowest BCUT2D eigenvalue weighted by atomic mass is 9.97. The number of nitrogens with two attached hydrogens (primary N) is 3. The van der Waals surface area contributed by atoms with Crippen LogP contribution in [0.2, 0.25) is 15.1 Å². The van der Waals surface area contributed by atoms with E-state index in [1.807, 2.05) is 13.8 Å². The number of aliphatic imine (C=N–C) groups is 1. The van der Waals surface area contributed by atoms with E-state index >= 15 is 0 Å². The van der Waals surface area contributed by atoms with Gasteiger partial charge in [-0.2, -0.15) is 0 Å². The summed E-state index contributed by atoms with van der Waals surface area (Å²) < 4.78 is 5.43. The fourth-order valence-corrected chi connectivity index (χ4v) is 4.69. The minimum Gasteiger partial charge on any atom is -0.396 e. The molecule has 2 atom stereocenters. The molecule has 12 heteroatoms. The molecule has 8 N–H and O–H groups in total. The molecule has 0 aromatic heterocycles. The molecular formula is C28H39Cl3N6O3. The van der Waals surface area contributed by atoms with E-state index in [1.54, 1.807) is 47.5 Å². The molecular weight excluding hydrogens is 575 g/mol. The van der Waals surface area contributed by atoms with E-state index in [9.17, 15) is 4.79 Å². The first-order valence-electron chi connectivity index (χ1n) is 13.1. The number of ketones is 1. The molecule has 0 aliphatic carbocycles. The average molecular weight is 614 g/mol. The summed E-state index contributed by atoms with van der Waals surface area (Å²) in [6.45, 7) is 6.08. The van der Waals surface area contributed by atoms with Crippen LogP contribution in [0.15, 0.2) is 58.7 Å². The first-order chi connectivity index (χ1) is 19.1. The van der Waals surface area contributed by atoms with Gasteiger partial charge >= 0.3 is 0 Å². The van der Waals surface area contributed by atoms with Crippen molar-refractivity contribution >= 4 is 52.0 Å². The minimum atomic E-state index is -0.170. The van der Waals surface area contributed by atoms with Gasteiger partial charge in [0, 0.05) is 47.2 Å². The third-order valence-electron chi connectivity index (χ3n) is 6.04. The summed E-state index contributed by atoms with van der Waals surface area (Å²) in [5.74, 6) is -0.170. The zero-order chi connectivity index (χ0) is 29.7. The quantitative estimate of drug-likeness (QED) is 0.103. The predicted octanol–water partition coefficient (Wildman–Crippen LogP) is 5.02. The lowest BCUT2D eigenvalue weighted by Gasteiger charge is -2.33. The summed E-state index contributed by atoms with van der Waals surface area (Å²) in [6, 6.07) is 12.0. The fraction of sp³-hybridized carbons (Fsp3) is 0.429. The van der Waals surface area contributed by atoms with Crippen LogP contribution in [-0.4, -0.2) is 60.1 Å². The largest absolute Gasteiger partial charge is 0.396 e. The third-order valence-corrected chi connectivity index (χ3v) is 6.83. The molecule has 1 aliphatic heterocycles. The van der Waals surface area contributed by atoms with Gasteiger partial charge in [-0.3, -0.25) is 4.79 Å². The summed E-state index contributed by atoms with van der Waals surface area (Å²) >= 11 is 18.3. The minimum absolute atomic E-state index is 0.0348. The highest BCUT2D eigenvalue weighted by molar-refractivity contribution is 6.36. The number of hydrogen-bond acceptors (Lipinski definition) is 9. The topological polar surface area (TPSA) is 152 Å². The first kappa shape index (κ1) is 34.2. The lowest BCUT2D eigenvalue weighted by Crippen LogP contribution is -2.50. The van der Waals surface area contributed by atoms with E-state index in [0.29, 0.717) is 57.0 Å². The molecule has 1 fully saturated rings. The molecule has 0 amide bonds. The standard InChI is InChI=1S/C22H25Cl3N4O.C6H14N2O2/c23-15-7-5-14(6-8-15)22(29-19-10-9-16(24)12-18(19)25)17(13-27)21(28)20(30)4-2-1-3-11-26;1-5-3-8(7-9)4-6(2)10-5/h5-10,12H,1-4,11,13,26-28H2;5-7,9H,3-4H2,1-2H3/b21-17-,29-22?;. The summed E-state index contributed by atoms with van der Waals surface area (Å²) in [4.78, 5) is 17.4. The van der Waals surface area contributed by atoms with Crippen LogP contribution in [-0.2, 0) is 9.53 Å². The molecule has 2 aromatic carbocycles. The Morgan fingerprint density at radius 3 is 2.20 bits per heavy atom. The van der Waals surface area contributed by atoms with E-state index in [0.717, 1.165) is 25.9 Å². The molecule has 3 rings (SSSR count). The number of hydrazine groups is 1. The van der Waals surface area contributed by atoms with Crippen LogP contribution < -0.4 is 22.8 Å². The van der Waals surface area contributed by atoms with Gasteiger partial charge in [-0.15, -0.1) is 5.59 Å². The summed E-state index contributed by atoms with van der Waals surface area (Å²) in [7, 11) is 0. The van der Waals surface area contributed by atoms with E-state index in [-0.39, 0.29) is 30.2 Å². The number of morpholine rings is 1. The van der Waals surface area contributed by atoms with Crippen molar-refractivity contribution in [2.75, 3.05) is 26.2 Å². The molecule has 40 heavy (non-hydrogen) atoms. The number of benzene rings is 2. The number of ether oxygens (including phenoxy) is 1. The second-order valence-corrected chi connectivity index (χ2v) is 10.7. The number of Topliss-reactive ketones (excluding diaryl/α,β-unsaturated/α-hetero) is 1. The van der Waals surface area contributed by atoms with Crippen molar-refractivity contribution in [3.05, 3.63) is 74.4 Å². The number of nitrogens with one attached hydrogen (secondary N) is 1. The van der Waals surface area contributed by atoms with Crippen LogP contribution in [0.1, 0.15) is 45.1 Å². The zero-order valence-electron chi connectivity index (χ0n) is 22.9. The predicted molar refractivity (Wildman–Crippen MR) is 163 cm³/mol. The Balaban J connectivity index is 0.000000469. The Kier molecular flexibility index (Phi) is 15.1. The highest BCUT2D eigenvalue weighted by atomic mass is 35.5. The molecule has 220 valence electrons. The number of nitrogens with zero attached hydrogens (tertiary/aromatic N) is 2. The molecule has 0 radical (unpaired) electrons. The van der Waals surface area contributed by atoms with Gasteiger partial charge in [-0.1, -0.05) is 53.4 Å². The second kappa shape index (κ2) is 17.7. The monoisotopic (exact) mass is 612 g/mol. The van der Waals surface area contributed by atoms with Crippen molar-refractivity contribution in [2.45, 2.75) is 51.7 Å². The summed E-state index contributed by atoms with van der Waals surface area (Å²) in [5, 5.41) is 11.7. The van der Waals surface area contributed by atoms with Crippen LogP contribution in [0, 0.1) is 0 Å². The van der Waals surface area contributed by atoms with Crippen LogP contribution in [0.4, 0.5) is 5.69 Å². The van der Waals surface area contributed by atoms with Gasteiger partial charge in [0.2, 0.25) is 0 Å². The van der Waals surface area contributed by atoms with E-state index in [4.69, 9.17) is 61.9 Å². The van der Waals surface area contributed by atoms with Crippen LogP contribution in [0.5, 0.6) is 0 Å². The molecule has 1 heterocycles. The number of carbonyl (C=O) groups excluding carboxylic acids is 1. The highest BCUT2D eigenvalue weighted by Crippen LogP contribution is 2.30. The number of halogens is 3. The lowest BCUT2D eigenvalue weighted by molar-refractivity contribution is -0.132. The Bertz CT molecular complexity index is 1150. The molecule has 0 saturated carbocycles. The van der Waals surface area contributed by atoms with Gasteiger partial charge in [0.15, 0.2) is 5.78 Å². The number of allylic oxidation sites excluding steroid dienone is 1. The second-order valence-electron chi connectivity index (χ2n) is 9.44. The number of unbranched alkanes of at least 4 members (excludes halogenated alkanes) is 2. The molecule has 2 aromatic rings. The summed E-state index contributed by atoms with van der Waals surface area (Å²) in [6.07, 6.45) is 3.17. The molecule has 1 aliphatic rings. The normalized spacial score (nSPS) is 18.6. The Morgan fingerprint density at radius 1 is 1.02 bits per heavy atom. The SMILES string of the molecule is CC1CN(NO)CC(C)O1.NCCCCCC(=O)/C(N)=C(\CN)C(=Nc1ccc(Cl)cc1Cl)c1ccc(Cl)cc1. The number of hydrogen-bond donors (Lipinski definition) is 5. The summed E-state index contributed by atoms with van der Waals surface area (Å²) in [5.41, 5.74) is 22.1. The fourth-order valence-electron chi connectivity index (χ4n) is 4.11. The van der Waals surface area contributed by atoms with Crippen molar-refractivity contribution in [3.63, 3.8) is 0 Å². The van der Waals surface area contributed by atoms with Crippen molar-refractivity contribution in [1.82, 2.24) is 10.6 Å². The van der Waals surface area contributed by atoms with Crippen molar-refractivity contribution in [2.24, 2.45) is 22.2 Å². The Hall–Kier alpha value is -2.05. The molecule has 0 bridgehead atoms. The maximum absolute atomic E-state index is 12.7. The van der Waals surface area contributed by atoms with Crippen molar-refractivity contribution in [3.8, 4) is 0 Å². The van der Waals surface area contributed by atoms with Gasteiger partial charge in [0.1, 0.15) is 0 Å². The van der Waals surface area contributed by atoms with Gasteiger partial charge in [0.05, 0.1) is 34.3 Å². The molecule has 1 saturated heterocycles. The Labute approximate surface area is 251 Å². The van der Waals surface area contributed by atoms with Gasteiger partial charge in [-0.05, 0) is 63.6 Å². The van der Waals surface area contributed by atoms with E-state index < -0.39 is 0 Å². The molecule has 9 nitrogen and oxygen atoms in total. The van der Waals surface area contributed by atoms with Crippen LogP contribution in [0.25, 0.3) is 0 Å². The maximum Gasteiger partial charge on any atom is 0.178 e. The zero-order valence-corrected chi connectivity index (χ0v) is 25.1. The van der Waals surface area contributed by atoms with Crippen LogP contribution >= 0.6 is 34.8 Å². The van der Waals surface area contributed by atoms with Gasteiger partial charge in [-0.25, -0.2) is 10.0 Å². The average Bonchev–Trinajstić information content (AvgIpc) is 2.92. The number of carbonyl (C=O) groups is 1. The Morgan fingerprint density at radius 2 is 1.65 bits per heavy atom. The van der Waals surface area contributed by atoms with Gasteiger partial charge < -0.3 is 27.1 Å². The molecule has 0 spiro atoms. The third kappa shape index (κ3) is 11.1. The highest BCUT2D eigenvalue weighted by Gasteiger charge is 2.21. The van der Waals surface area contributed by atoms with Crippen LogP contribution in [0.3, 0.4) is 0 Å². The smallest absolute Gasteiger partial charge is 0.178 e. The first-order valence-corrected chi connectivity index (χ1v) is 14.2. The van der Waals surface area contributed by atoms with Crippen molar-refractivity contribution < 1.29 is 14.7 Å². The van der Waals surface area contributed by atoms with E-state index in [2.05, 4.69) is 10.6 Å². The number of rotatable bonds is 11. The van der Waals surface area contributed by atoms with Gasteiger partial charge in [0.25, 0.3) is 0 Å². The maximum atomic E-state index is 12.7. The van der Waals surface area contributed by atoms with Crippen molar-refractivity contribution in [1.29, 1.82) is 0 Å². The van der Waals surface area contributed by atoms with E-state index in [1.165, 1.54) is 0 Å².